The number of hydrogen-bond donors (Lipinski definition) is 2. The van der Waals surface area contributed by atoms with Crippen LogP contribution in [0.1, 0.15) is 17.3 Å². The van der Waals surface area contributed by atoms with E-state index in [2.05, 4.69) is 10.6 Å². The maximum absolute atomic E-state index is 12.6. The lowest BCUT2D eigenvalue weighted by Crippen LogP contribution is -2.44. The first-order valence-electron chi connectivity index (χ1n) is 8.26. The van der Waals surface area contributed by atoms with E-state index in [0.717, 1.165) is 0 Å². The number of amides is 3. The van der Waals surface area contributed by atoms with Gasteiger partial charge in [0.05, 0.1) is 12.7 Å². The summed E-state index contributed by atoms with van der Waals surface area (Å²) in [5, 5.41) is 5.50. The summed E-state index contributed by atoms with van der Waals surface area (Å²) >= 11 is 0. The van der Waals surface area contributed by atoms with Crippen LogP contribution in [0.15, 0.2) is 54.6 Å². The summed E-state index contributed by atoms with van der Waals surface area (Å²) < 4.78 is 5.47. The third kappa shape index (κ3) is 4.58. The molecule has 2 N–H and O–H groups in total. The van der Waals surface area contributed by atoms with Gasteiger partial charge in [-0.2, -0.15) is 0 Å². The standard InChI is InChI=1S/C19H21N3O3/c1-14-13-22(10-11-25-14)18(23)15-6-5-9-17(12-15)21-19(24)20-16-7-3-2-4-8-16/h2-9,12,14H,10-11,13H2,1H3,(H2,20,21,24). The molecule has 1 aliphatic rings. The molecule has 0 spiro atoms. The highest BCUT2D eigenvalue weighted by Crippen LogP contribution is 2.15. The van der Waals surface area contributed by atoms with Crippen molar-refractivity contribution in [3.63, 3.8) is 0 Å². The Morgan fingerprint density at radius 3 is 2.52 bits per heavy atom. The molecular formula is C19H21N3O3. The summed E-state index contributed by atoms with van der Waals surface area (Å²) in [5.74, 6) is -0.0535. The second-order valence-corrected chi connectivity index (χ2v) is 5.96. The van der Waals surface area contributed by atoms with E-state index in [1.165, 1.54) is 0 Å². The van der Waals surface area contributed by atoms with Crippen molar-refractivity contribution in [2.24, 2.45) is 0 Å². The van der Waals surface area contributed by atoms with Gasteiger partial charge in [-0.05, 0) is 37.3 Å². The van der Waals surface area contributed by atoms with Crippen molar-refractivity contribution < 1.29 is 14.3 Å². The van der Waals surface area contributed by atoms with Crippen LogP contribution in [0.3, 0.4) is 0 Å². The van der Waals surface area contributed by atoms with E-state index < -0.39 is 0 Å². The van der Waals surface area contributed by atoms with Gasteiger partial charge in [-0.3, -0.25) is 4.79 Å². The normalized spacial score (nSPS) is 17.0. The SMILES string of the molecule is CC1CN(C(=O)c2cccc(NC(=O)Nc3ccccc3)c2)CCO1. The number of hydrogen-bond acceptors (Lipinski definition) is 3. The molecule has 3 rings (SSSR count). The lowest BCUT2D eigenvalue weighted by molar-refractivity contribution is -0.0124. The lowest BCUT2D eigenvalue weighted by atomic mass is 10.1. The average molecular weight is 339 g/mol. The van der Waals surface area contributed by atoms with Crippen LogP contribution < -0.4 is 10.6 Å². The topological polar surface area (TPSA) is 70.7 Å². The quantitative estimate of drug-likeness (QED) is 0.902. The number of nitrogens with one attached hydrogen (secondary N) is 2. The highest BCUT2D eigenvalue weighted by Gasteiger charge is 2.22. The number of benzene rings is 2. The van der Waals surface area contributed by atoms with Crippen molar-refractivity contribution in [2.75, 3.05) is 30.3 Å². The fourth-order valence-corrected chi connectivity index (χ4v) is 2.73. The number of carbonyl (C=O) groups excluding carboxylic acids is 2. The van der Waals surface area contributed by atoms with Gasteiger partial charge in [-0.25, -0.2) is 4.79 Å². The molecule has 0 aromatic heterocycles. The molecule has 0 bridgehead atoms. The summed E-state index contributed by atoms with van der Waals surface area (Å²) in [6.45, 7) is 3.65. The smallest absolute Gasteiger partial charge is 0.323 e. The maximum Gasteiger partial charge on any atom is 0.323 e. The van der Waals surface area contributed by atoms with Crippen molar-refractivity contribution in [2.45, 2.75) is 13.0 Å². The zero-order valence-corrected chi connectivity index (χ0v) is 14.1. The minimum absolute atomic E-state index is 0.0376. The molecular weight excluding hydrogens is 318 g/mol. The van der Waals surface area contributed by atoms with Crippen LogP contribution in [-0.2, 0) is 4.74 Å². The molecule has 1 fully saturated rings. The van der Waals surface area contributed by atoms with E-state index in [9.17, 15) is 9.59 Å². The fourth-order valence-electron chi connectivity index (χ4n) is 2.73. The van der Waals surface area contributed by atoms with Gasteiger partial charge in [-0.1, -0.05) is 24.3 Å². The van der Waals surface area contributed by atoms with Crippen LogP contribution >= 0.6 is 0 Å². The summed E-state index contributed by atoms with van der Waals surface area (Å²) in [7, 11) is 0. The second kappa shape index (κ2) is 7.81. The number of para-hydroxylation sites is 1. The number of ether oxygens (including phenoxy) is 1. The Balaban J connectivity index is 1.64. The largest absolute Gasteiger partial charge is 0.375 e. The van der Waals surface area contributed by atoms with Crippen molar-refractivity contribution >= 4 is 23.3 Å². The van der Waals surface area contributed by atoms with E-state index in [0.29, 0.717) is 36.6 Å². The predicted molar refractivity (Wildman–Crippen MR) is 96.8 cm³/mol. The van der Waals surface area contributed by atoms with Crippen molar-refractivity contribution in [3.05, 3.63) is 60.2 Å². The molecule has 3 amide bonds. The first-order valence-corrected chi connectivity index (χ1v) is 8.26. The van der Waals surface area contributed by atoms with Gasteiger partial charge in [0.2, 0.25) is 0 Å². The Labute approximate surface area is 146 Å². The number of anilines is 2. The van der Waals surface area contributed by atoms with Gasteiger partial charge < -0.3 is 20.3 Å². The summed E-state index contributed by atoms with van der Waals surface area (Å²) in [4.78, 5) is 26.5. The molecule has 1 saturated heterocycles. The number of rotatable bonds is 3. The molecule has 0 saturated carbocycles. The molecule has 0 radical (unpaired) electrons. The van der Waals surface area contributed by atoms with Crippen molar-refractivity contribution in [3.8, 4) is 0 Å². The van der Waals surface area contributed by atoms with Crippen LogP contribution in [0.4, 0.5) is 16.2 Å². The highest BCUT2D eigenvalue weighted by molar-refractivity contribution is 6.01. The third-order valence-electron chi connectivity index (χ3n) is 3.93. The molecule has 25 heavy (non-hydrogen) atoms. The molecule has 1 heterocycles. The number of morpholine rings is 1. The molecule has 2 aromatic rings. The van der Waals surface area contributed by atoms with Crippen molar-refractivity contribution in [1.82, 2.24) is 4.90 Å². The molecule has 1 unspecified atom stereocenters. The van der Waals surface area contributed by atoms with Crippen LogP contribution in [0.25, 0.3) is 0 Å². The monoisotopic (exact) mass is 339 g/mol. The maximum atomic E-state index is 12.6. The number of carbonyl (C=O) groups is 2. The zero-order valence-electron chi connectivity index (χ0n) is 14.1. The Bertz CT molecular complexity index is 749. The minimum atomic E-state index is -0.351. The van der Waals surface area contributed by atoms with Crippen molar-refractivity contribution in [1.29, 1.82) is 0 Å². The molecule has 6 nitrogen and oxygen atoms in total. The van der Waals surface area contributed by atoms with Crippen LogP contribution in [0, 0.1) is 0 Å². The molecule has 1 aliphatic heterocycles. The van der Waals surface area contributed by atoms with Gasteiger partial charge in [0.1, 0.15) is 0 Å². The van der Waals surface area contributed by atoms with E-state index in [-0.39, 0.29) is 18.0 Å². The van der Waals surface area contributed by atoms with Gasteiger partial charge in [0.15, 0.2) is 0 Å². The Morgan fingerprint density at radius 2 is 1.76 bits per heavy atom. The van der Waals surface area contributed by atoms with Gasteiger partial charge in [0.25, 0.3) is 5.91 Å². The predicted octanol–water partition coefficient (Wildman–Crippen LogP) is 3.19. The lowest BCUT2D eigenvalue weighted by Gasteiger charge is -2.31. The molecule has 1 atom stereocenters. The fraction of sp³-hybridized carbons (Fsp3) is 0.263. The Kier molecular flexibility index (Phi) is 5.30. The van der Waals surface area contributed by atoms with E-state index in [4.69, 9.17) is 4.74 Å². The second-order valence-electron chi connectivity index (χ2n) is 5.96. The van der Waals surface area contributed by atoms with E-state index in [1.54, 1.807) is 41.3 Å². The third-order valence-corrected chi connectivity index (χ3v) is 3.93. The van der Waals surface area contributed by atoms with E-state index >= 15 is 0 Å². The summed E-state index contributed by atoms with van der Waals surface area (Å²) in [6.07, 6.45) is 0.0376. The number of urea groups is 1. The van der Waals surface area contributed by atoms with Crippen LogP contribution in [0.5, 0.6) is 0 Å². The van der Waals surface area contributed by atoms with Gasteiger partial charge in [-0.15, -0.1) is 0 Å². The Hall–Kier alpha value is -2.86. The summed E-state index contributed by atoms with van der Waals surface area (Å²) in [5.41, 5.74) is 1.82. The highest BCUT2D eigenvalue weighted by atomic mass is 16.5. The first kappa shape index (κ1) is 17.0. The van der Waals surface area contributed by atoms with Crippen LogP contribution in [-0.4, -0.2) is 42.6 Å². The molecule has 130 valence electrons. The zero-order chi connectivity index (χ0) is 17.6. The molecule has 2 aromatic carbocycles. The first-order chi connectivity index (χ1) is 12.1. The minimum Gasteiger partial charge on any atom is -0.375 e. The van der Waals surface area contributed by atoms with Crippen LogP contribution in [0.2, 0.25) is 0 Å². The van der Waals surface area contributed by atoms with Gasteiger partial charge >= 0.3 is 6.03 Å². The average Bonchev–Trinajstić information content (AvgIpc) is 2.62. The number of nitrogens with zero attached hydrogens (tertiary/aromatic N) is 1. The Morgan fingerprint density at radius 1 is 1.04 bits per heavy atom. The van der Waals surface area contributed by atoms with E-state index in [1.807, 2.05) is 25.1 Å². The summed E-state index contributed by atoms with van der Waals surface area (Å²) in [6, 6.07) is 15.8. The molecule has 6 heteroatoms. The molecule has 0 aliphatic carbocycles. The van der Waals surface area contributed by atoms with Gasteiger partial charge in [0, 0.05) is 30.0 Å².